The Hall–Kier alpha value is -1.17. The van der Waals surface area contributed by atoms with E-state index in [0.29, 0.717) is 12.1 Å². The first-order valence-corrected chi connectivity index (χ1v) is 4.44. The van der Waals surface area contributed by atoms with Crippen LogP contribution < -0.4 is 0 Å². The Labute approximate surface area is 88.5 Å². The average molecular weight is 240 g/mol. The molecule has 0 saturated carbocycles. The lowest BCUT2D eigenvalue weighted by Crippen LogP contribution is -2.15. The molecule has 0 saturated heterocycles. The highest BCUT2D eigenvalue weighted by molar-refractivity contribution is 5.27. The second kappa shape index (κ2) is 4.37. The molecular formula is C10H9F5O. The number of rotatable bonds is 3. The normalized spacial score (nSPS) is 12.9. The lowest BCUT2D eigenvalue weighted by Gasteiger charge is -2.16. The van der Waals surface area contributed by atoms with Gasteiger partial charge < -0.3 is 5.11 Å². The van der Waals surface area contributed by atoms with E-state index in [4.69, 9.17) is 5.11 Å². The van der Waals surface area contributed by atoms with Crippen molar-refractivity contribution in [3.63, 3.8) is 0 Å². The molecule has 0 bridgehead atoms. The summed E-state index contributed by atoms with van der Waals surface area (Å²) in [6.45, 7) is -0.728. The summed E-state index contributed by atoms with van der Waals surface area (Å²) in [4.78, 5) is 0. The summed E-state index contributed by atoms with van der Waals surface area (Å²) in [5.74, 6) is -3.31. The van der Waals surface area contributed by atoms with E-state index < -0.39 is 36.3 Å². The van der Waals surface area contributed by atoms with Crippen LogP contribution in [-0.2, 0) is 12.1 Å². The lowest BCUT2D eigenvalue weighted by molar-refractivity contribution is -0.137. The predicted octanol–water partition coefficient (Wildman–Crippen LogP) is 3.18. The third kappa shape index (κ3) is 2.91. The third-order valence-electron chi connectivity index (χ3n) is 2.06. The molecule has 0 amide bonds. The number of aliphatic hydroxyl groups excluding tert-OH is 1. The van der Waals surface area contributed by atoms with Crippen molar-refractivity contribution in [2.24, 2.45) is 0 Å². The molecule has 16 heavy (non-hydrogen) atoms. The molecule has 1 aromatic carbocycles. The molecule has 0 atom stereocenters. The van der Waals surface area contributed by atoms with Gasteiger partial charge in [-0.1, -0.05) is 12.1 Å². The fraction of sp³-hybridized carbons (Fsp3) is 0.400. The first kappa shape index (κ1) is 12.9. The molecule has 0 fully saturated rings. The highest BCUT2D eigenvalue weighted by Gasteiger charge is 2.33. The average Bonchev–Trinajstić information content (AvgIpc) is 2.16. The van der Waals surface area contributed by atoms with E-state index >= 15 is 0 Å². The van der Waals surface area contributed by atoms with Gasteiger partial charge in [0.1, 0.15) is 0 Å². The second-order valence-electron chi connectivity index (χ2n) is 3.25. The fourth-order valence-corrected chi connectivity index (χ4v) is 1.19. The van der Waals surface area contributed by atoms with Crippen LogP contribution in [0.1, 0.15) is 17.5 Å². The van der Waals surface area contributed by atoms with E-state index in [1.807, 2.05) is 0 Å². The van der Waals surface area contributed by atoms with E-state index in [1.54, 1.807) is 0 Å². The zero-order valence-corrected chi connectivity index (χ0v) is 8.06. The molecule has 1 rings (SSSR count). The summed E-state index contributed by atoms with van der Waals surface area (Å²) < 4.78 is 62.7. The van der Waals surface area contributed by atoms with Gasteiger partial charge in [-0.3, -0.25) is 0 Å². The van der Waals surface area contributed by atoms with Crippen LogP contribution in [0.25, 0.3) is 0 Å². The van der Waals surface area contributed by atoms with Gasteiger partial charge in [0.25, 0.3) is 5.92 Å². The molecule has 0 aliphatic rings. The smallest absolute Gasteiger partial charge is 0.396 e. The van der Waals surface area contributed by atoms with Crippen molar-refractivity contribution in [1.82, 2.24) is 0 Å². The second-order valence-corrected chi connectivity index (χ2v) is 3.25. The van der Waals surface area contributed by atoms with Gasteiger partial charge in [0, 0.05) is 18.6 Å². The van der Waals surface area contributed by atoms with Crippen molar-refractivity contribution in [2.45, 2.75) is 18.5 Å². The molecule has 1 nitrogen and oxygen atoms in total. The molecule has 0 unspecified atom stereocenters. The summed E-state index contributed by atoms with van der Waals surface area (Å²) in [5.41, 5.74) is -1.51. The maximum Gasteiger partial charge on any atom is 0.416 e. The monoisotopic (exact) mass is 240 g/mol. The molecule has 90 valence electrons. The van der Waals surface area contributed by atoms with Gasteiger partial charge in [-0.15, -0.1) is 0 Å². The predicted molar refractivity (Wildman–Crippen MR) is 47.0 cm³/mol. The molecule has 0 aromatic heterocycles. The van der Waals surface area contributed by atoms with Crippen LogP contribution in [0.3, 0.4) is 0 Å². The van der Waals surface area contributed by atoms with Crippen molar-refractivity contribution in [3.8, 4) is 0 Å². The number of benzene rings is 1. The molecule has 0 spiro atoms. The lowest BCUT2D eigenvalue weighted by atomic mass is 10.0. The first-order valence-electron chi connectivity index (χ1n) is 4.44. The number of hydrogen-bond donors (Lipinski definition) is 1. The van der Waals surface area contributed by atoms with Crippen LogP contribution in [0.5, 0.6) is 0 Å². The topological polar surface area (TPSA) is 20.2 Å². The SMILES string of the molecule is OCCC(F)(F)c1ccc(C(F)(F)F)cc1. The Morgan fingerprint density at radius 3 is 1.69 bits per heavy atom. The zero-order chi connectivity index (χ0) is 12.4. The Kier molecular flexibility index (Phi) is 3.52. The van der Waals surface area contributed by atoms with E-state index in [9.17, 15) is 22.0 Å². The maximum atomic E-state index is 13.1. The van der Waals surface area contributed by atoms with E-state index in [1.165, 1.54) is 0 Å². The Balaban J connectivity index is 2.95. The molecule has 1 N–H and O–H groups in total. The summed E-state index contributed by atoms with van der Waals surface area (Å²) >= 11 is 0. The van der Waals surface area contributed by atoms with Crippen molar-refractivity contribution < 1.29 is 27.1 Å². The number of alkyl halides is 5. The molecule has 1 aromatic rings. The standard InChI is InChI=1S/C10H9F5O/c11-9(12,5-6-16)7-1-3-8(4-2-7)10(13,14)15/h1-4,16H,5-6H2. The minimum absolute atomic E-state index is 0.533. The van der Waals surface area contributed by atoms with Gasteiger partial charge in [-0.05, 0) is 12.1 Å². The third-order valence-corrected chi connectivity index (χ3v) is 2.06. The highest BCUT2D eigenvalue weighted by atomic mass is 19.4. The minimum Gasteiger partial charge on any atom is -0.396 e. The minimum atomic E-state index is -4.54. The largest absolute Gasteiger partial charge is 0.416 e. The van der Waals surface area contributed by atoms with Crippen molar-refractivity contribution in [1.29, 1.82) is 0 Å². The Bertz CT molecular complexity index is 341. The van der Waals surface area contributed by atoms with Crippen LogP contribution in [0.4, 0.5) is 22.0 Å². The zero-order valence-electron chi connectivity index (χ0n) is 8.06. The molecule has 6 heteroatoms. The van der Waals surface area contributed by atoms with Gasteiger partial charge >= 0.3 is 6.18 Å². The van der Waals surface area contributed by atoms with Gasteiger partial charge in [-0.2, -0.15) is 13.2 Å². The molecule has 0 heterocycles. The van der Waals surface area contributed by atoms with Crippen molar-refractivity contribution in [3.05, 3.63) is 35.4 Å². The summed E-state index contributed by atoms with van der Waals surface area (Å²) in [6, 6.07) is 2.64. The summed E-state index contributed by atoms with van der Waals surface area (Å²) in [7, 11) is 0. The van der Waals surface area contributed by atoms with Gasteiger partial charge in [-0.25, -0.2) is 8.78 Å². The quantitative estimate of drug-likeness (QED) is 0.804. The van der Waals surface area contributed by atoms with Crippen LogP contribution in [0.15, 0.2) is 24.3 Å². The number of hydrogen-bond acceptors (Lipinski definition) is 1. The summed E-state index contributed by atoms with van der Waals surface area (Å²) in [5, 5.41) is 8.39. The number of halogens is 5. The molecule has 0 aliphatic carbocycles. The van der Waals surface area contributed by atoms with Crippen molar-refractivity contribution in [2.75, 3.05) is 6.61 Å². The van der Waals surface area contributed by atoms with Gasteiger partial charge in [0.05, 0.1) is 5.56 Å². The summed E-state index contributed by atoms with van der Waals surface area (Å²) in [6.07, 6.45) is -5.34. The fourth-order valence-electron chi connectivity index (χ4n) is 1.19. The highest BCUT2D eigenvalue weighted by Crippen LogP contribution is 2.34. The molecule has 0 aliphatic heterocycles. The maximum absolute atomic E-state index is 13.1. The Morgan fingerprint density at radius 1 is 0.875 bits per heavy atom. The first-order chi connectivity index (χ1) is 7.27. The van der Waals surface area contributed by atoms with E-state index in [-0.39, 0.29) is 0 Å². The Morgan fingerprint density at radius 2 is 1.31 bits per heavy atom. The van der Waals surface area contributed by atoms with Crippen LogP contribution in [0.2, 0.25) is 0 Å². The van der Waals surface area contributed by atoms with Crippen LogP contribution in [-0.4, -0.2) is 11.7 Å². The van der Waals surface area contributed by atoms with E-state index in [0.717, 1.165) is 12.1 Å². The van der Waals surface area contributed by atoms with E-state index in [2.05, 4.69) is 0 Å². The van der Waals surface area contributed by atoms with Crippen molar-refractivity contribution >= 4 is 0 Å². The van der Waals surface area contributed by atoms with Crippen LogP contribution in [0, 0.1) is 0 Å². The number of aliphatic hydroxyl groups is 1. The molecule has 0 radical (unpaired) electrons. The molecular weight excluding hydrogens is 231 g/mol. The van der Waals surface area contributed by atoms with Gasteiger partial charge in [0.15, 0.2) is 0 Å². The van der Waals surface area contributed by atoms with Crippen LogP contribution >= 0.6 is 0 Å². The van der Waals surface area contributed by atoms with Gasteiger partial charge in [0.2, 0.25) is 0 Å².